The van der Waals surface area contributed by atoms with E-state index >= 15 is 0 Å². The lowest BCUT2D eigenvalue weighted by Crippen LogP contribution is -2.45. The van der Waals surface area contributed by atoms with Crippen molar-refractivity contribution in [3.63, 3.8) is 0 Å². The summed E-state index contributed by atoms with van der Waals surface area (Å²) in [6.45, 7) is 7.00. The molecule has 26 heavy (non-hydrogen) atoms. The van der Waals surface area contributed by atoms with Gasteiger partial charge in [-0.25, -0.2) is 0 Å². The summed E-state index contributed by atoms with van der Waals surface area (Å²) in [6, 6.07) is 12.7. The number of hydrogen-bond acceptors (Lipinski definition) is 4. The van der Waals surface area contributed by atoms with Gasteiger partial charge in [-0.15, -0.1) is 23.7 Å². The highest BCUT2D eigenvalue weighted by atomic mass is 35.5. The normalized spacial score (nSPS) is 16.8. The summed E-state index contributed by atoms with van der Waals surface area (Å²) in [4.78, 5) is 17.4. The number of hydrogen-bond donors (Lipinski definition) is 1. The molecule has 4 nitrogen and oxygen atoms in total. The Labute approximate surface area is 166 Å². The van der Waals surface area contributed by atoms with Crippen molar-refractivity contribution in [1.29, 1.82) is 0 Å². The molecule has 0 spiro atoms. The van der Waals surface area contributed by atoms with Crippen LogP contribution in [0.1, 0.15) is 28.7 Å². The molecule has 3 rings (SSSR count). The average molecular weight is 395 g/mol. The average Bonchev–Trinajstić information content (AvgIpc) is 3.05. The smallest absolute Gasteiger partial charge is 0.228 e. The Morgan fingerprint density at radius 1 is 1.27 bits per heavy atom. The maximum atomic E-state index is 13.0. The predicted molar refractivity (Wildman–Crippen MR) is 111 cm³/mol. The van der Waals surface area contributed by atoms with E-state index in [0.29, 0.717) is 19.6 Å². The second-order valence-corrected chi connectivity index (χ2v) is 7.81. The zero-order chi connectivity index (χ0) is 17.6. The summed E-state index contributed by atoms with van der Waals surface area (Å²) in [7, 11) is 0. The topological polar surface area (TPSA) is 41.6 Å². The number of rotatable bonds is 6. The molecular formula is C20H27ClN2O2S. The highest BCUT2D eigenvalue weighted by molar-refractivity contribution is 7.11. The Morgan fingerprint density at radius 2 is 2.04 bits per heavy atom. The minimum Gasteiger partial charge on any atom is -0.378 e. The summed E-state index contributed by atoms with van der Waals surface area (Å²) in [5.41, 5.74) is 2.25. The lowest BCUT2D eigenvalue weighted by atomic mass is 10.1. The molecule has 1 unspecified atom stereocenters. The number of aryl methyl sites for hydroxylation is 2. The molecule has 142 valence electrons. The van der Waals surface area contributed by atoms with Crippen molar-refractivity contribution < 1.29 is 9.53 Å². The first-order valence-electron chi connectivity index (χ1n) is 8.91. The number of ether oxygens (including phenoxy) is 1. The van der Waals surface area contributed by atoms with E-state index in [1.807, 2.05) is 4.90 Å². The fourth-order valence-electron chi connectivity index (χ4n) is 3.03. The molecular weight excluding hydrogens is 368 g/mol. The molecule has 1 atom stereocenters. The molecule has 1 aliphatic heterocycles. The number of amides is 1. The van der Waals surface area contributed by atoms with Gasteiger partial charge in [-0.2, -0.15) is 0 Å². The number of anilines is 1. The van der Waals surface area contributed by atoms with E-state index in [9.17, 15) is 4.79 Å². The third-order valence-electron chi connectivity index (χ3n) is 4.49. The van der Waals surface area contributed by atoms with Crippen LogP contribution in [-0.2, 0) is 22.5 Å². The van der Waals surface area contributed by atoms with Crippen molar-refractivity contribution in [2.75, 3.05) is 24.7 Å². The van der Waals surface area contributed by atoms with Crippen molar-refractivity contribution in [3.05, 3.63) is 51.7 Å². The van der Waals surface area contributed by atoms with Crippen molar-refractivity contribution in [2.24, 2.45) is 0 Å². The van der Waals surface area contributed by atoms with Crippen LogP contribution in [0.15, 0.2) is 36.4 Å². The van der Waals surface area contributed by atoms with Gasteiger partial charge < -0.3 is 15.0 Å². The van der Waals surface area contributed by atoms with E-state index in [1.165, 1.54) is 15.3 Å². The fraction of sp³-hybridized carbons (Fsp3) is 0.450. The fourth-order valence-corrected chi connectivity index (χ4v) is 3.91. The number of morpholine rings is 1. The molecule has 1 amide bonds. The van der Waals surface area contributed by atoms with Gasteiger partial charge in [0, 0.05) is 34.4 Å². The minimum atomic E-state index is 0. The number of benzene rings is 1. The molecule has 1 aromatic heterocycles. The maximum absolute atomic E-state index is 13.0. The summed E-state index contributed by atoms with van der Waals surface area (Å²) in [6.07, 6.45) is 1.46. The zero-order valence-electron chi connectivity index (χ0n) is 15.4. The van der Waals surface area contributed by atoms with Crippen LogP contribution in [0.5, 0.6) is 0 Å². The monoisotopic (exact) mass is 394 g/mol. The third-order valence-corrected chi connectivity index (χ3v) is 5.47. The highest BCUT2D eigenvalue weighted by Crippen LogP contribution is 2.24. The molecule has 0 bridgehead atoms. The van der Waals surface area contributed by atoms with E-state index < -0.39 is 0 Å². The van der Waals surface area contributed by atoms with Gasteiger partial charge in [0.05, 0.1) is 19.8 Å². The quantitative estimate of drug-likeness (QED) is 0.806. The largest absolute Gasteiger partial charge is 0.378 e. The lowest BCUT2D eigenvalue weighted by Gasteiger charge is -2.28. The van der Waals surface area contributed by atoms with Crippen LogP contribution in [0.4, 0.5) is 5.69 Å². The van der Waals surface area contributed by atoms with Crippen LogP contribution in [0, 0.1) is 6.92 Å². The molecule has 6 heteroatoms. The van der Waals surface area contributed by atoms with Gasteiger partial charge in [-0.1, -0.05) is 19.1 Å². The van der Waals surface area contributed by atoms with Gasteiger partial charge >= 0.3 is 0 Å². The molecule has 1 aromatic carbocycles. The van der Waals surface area contributed by atoms with Crippen molar-refractivity contribution in [1.82, 2.24) is 5.32 Å². The van der Waals surface area contributed by atoms with Gasteiger partial charge in [0.2, 0.25) is 5.91 Å². The van der Waals surface area contributed by atoms with Gasteiger partial charge in [-0.05, 0) is 43.2 Å². The Morgan fingerprint density at radius 3 is 2.62 bits per heavy atom. The second kappa shape index (κ2) is 10.1. The molecule has 2 aromatic rings. The van der Waals surface area contributed by atoms with E-state index in [2.05, 4.69) is 55.6 Å². The number of halogens is 1. The first-order chi connectivity index (χ1) is 12.2. The van der Waals surface area contributed by atoms with Crippen LogP contribution in [-0.4, -0.2) is 31.7 Å². The number of nitrogens with one attached hydrogen (secondary N) is 1. The molecule has 0 radical (unpaired) electrons. The molecule has 1 N–H and O–H groups in total. The molecule has 0 aliphatic carbocycles. The van der Waals surface area contributed by atoms with Crippen molar-refractivity contribution in [2.45, 2.75) is 39.3 Å². The van der Waals surface area contributed by atoms with Crippen LogP contribution < -0.4 is 10.2 Å². The van der Waals surface area contributed by atoms with E-state index in [1.54, 1.807) is 11.3 Å². The number of thiophene rings is 1. The number of nitrogens with zero attached hydrogens (tertiary/aromatic N) is 1. The Hall–Kier alpha value is -1.40. The van der Waals surface area contributed by atoms with Gasteiger partial charge in [0.15, 0.2) is 0 Å². The second-order valence-electron chi connectivity index (χ2n) is 6.44. The van der Waals surface area contributed by atoms with E-state index in [4.69, 9.17) is 4.74 Å². The summed E-state index contributed by atoms with van der Waals surface area (Å²) < 4.78 is 5.49. The van der Waals surface area contributed by atoms with Crippen LogP contribution in [0.25, 0.3) is 0 Å². The Kier molecular flexibility index (Phi) is 8.10. The molecule has 2 heterocycles. The summed E-state index contributed by atoms with van der Waals surface area (Å²) in [5, 5.41) is 3.37. The van der Waals surface area contributed by atoms with Crippen LogP contribution >= 0.6 is 23.7 Å². The summed E-state index contributed by atoms with van der Waals surface area (Å²) >= 11 is 1.75. The first kappa shape index (κ1) is 20.9. The zero-order valence-corrected chi connectivity index (χ0v) is 17.0. The molecule has 1 fully saturated rings. The minimum absolute atomic E-state index is 0. The predicted octanol–water partition coefficient (Wildman–Crippen LogP) is 3.95. The Bertz CT molecular complexity index is 696. The molecule has 1 aliphatic rings. The highest BCUT2D eigenvalue weighted by Gasteiger charge is 2.23. The van der Waals surface area contributed by atoms with Gasteiger partial charge in [0.1, 0.15) is 0 Å². The van der Waals surface area contributed by atoms with Crippen molar-refractivity contribution >= 4 is 35.3 Å². The third kappa shape index (κ3) is 5.55. The molecule has 1 saturated heterocycles. The van der Waals surface area contributed by atoms with Crippen LogP contribution in [0.2, 0.25) is 0 Å². The number of carbonyl (C=O) groups excluding carboxylic acids is 1. The Balaban J connectivity index is 0.00000243. The first-order valence-corrected chi connectivity index (χ1v) is 9.73. The molecule has 0 saturated carbocycles. The van der Waals surface area contributed by atoms with E-state index in [0.717, 1.165) is 25.3 Å². The van der Waals surface area contributed by atoms with Gasteiger partial charge in [0.25, 0.3) is 0 Å². The standard InChI is InChI=1S/C20H26N2O2S.ClH/c1-3-16-5-7-18(8-6-16)22(13-19-9-4-15(2)25-19)20(23)12-17-14-24-11-10-21-17;/h4-9,17,21H,3,10-14H2,1-2H3;1H. The maximum Gasteiger partial charge on any atom is 0.228 e. The lowest BCUT2D eigenvalue weighted by molar-refractivity contribution is -0.119. The van der Waals surface area contributed by atoms with Crippen molar-refractivity contribution in [3.8, 4) is 0 Å². The van der Waals surface area contributed by atoms with Gasteiger partial charge in [-0.3, -0.25) is 4.79 Å². The number of carbonyl (C=O) groups is 1. The summed E-state index contributed by atoms with van der Waals surface area (Å²) in [5.74, 6) is 0.137. The SMILES string of the molecule is CCc1ccc(N(Cc2ccc(C)s2)C(=O)CC2COCCN2)cc1.Cl. The van der Waals surface area contributed by atoms with Crippen LogP contribution in [0.3, 0.4) is 0 Å². The van der Waals surface area contributed by atoms with E-state index in [-0.39, 0.29) is 24.4 Å².